The van der Waals surface area contributed by atoms with Crippen molar-refractivity contribution in [2.24, 2.45) is 0 Å². The Balaban J connectivity index is 1.63. The van der Waals surface area contributed by atoms with Crippen molar-refractivity contribution in [1.82, 2.24) is 10.2 Å². The minimum atomic E-state index is -0.106. The number of hydrogen-bond acceptors (Lipinski definition) is 6. The van der Waals surface area contributed by atoms with Gasteiger partial charge in [0.15, 0.2) is 4.34 Å². The van der Waals surface area contributed by atoms with Crippen LogP contribution in [0.2, 0.25) is 0 Å². The normalized spacial score (nSPS) is 11.1. The minimum Gasteiger partial charge on any atom is -0.464 e. The molecule has 2 heterocycles. The number of anilines is 1. The van der Waals surface area contributed by atoms with E-state index < -0.39 is 0 Å². The average Bonchev–Trinajstić information content (AvgIpc) is 3.22. The Labute approximate surface area is 155 Å². The Bertz CT molecular complexity index is 857. The third kappa shape index (κ3) is 4.61. The summed E-state index contributed by atoms with van der Waals surface area (Å²) in [5, 5.41) is 12.5. The van der Waals surface area contributed by atoms with Crippen molar-refractivity contribution in [3.8, 4) is 0 Å². The van der Waals surface area contributed by atoms with Crippen molar-refractivity contribution in [3.63, 3.8) is 0 Å². The van der Waals surface area contributed by atoms with Crippen LogP contribution in [0.15, 0.2) is 33.2 Å². The molecule has 5 nitrogen and oxygen atoms in total. The van der Waals surface area contributed by atoms with Gasteiger partial charge in [0.25, 0.3) is 0 Å². The first-order valence-electron chi connectivity index (χ1n) is 8.44. The Morgan fingerprint density at radius 2 is 2.20 bits per heavy atom. The van der Waals surface area contributed by atoms with Gasteiger partial charge in [-0.2, -0.15) is 0 Å². The fourth-order valence-corrected chi connectivity index (χ4v) is 4.37. The van der Waals surface area contributed by atoms with Crippen LogP contribution in [0.3, 0.4) is 0 Å². The van der Waals surface area contributed by atoms with E-state index in [0.717, 1.165) is 45.9 Å². The van der Waals surface area contributed by atoms with E-state index >= 15 is 0 Å². The zero-order chi connectivity index (χ0) is 17.6. The Morgan fingerprint density at radius 3 is 3.00 bits per heavy atom. The molecule has 3 aromatic rings. The van der Waals surface area contributed by atoms with Crippen molar-refractivity contribution in [1.29, 1.82) is 0 Å². The summed E-state index contributed by atoms with van der Waals surface area (Å²) < 4.78 is 6.44. The predicted octanol–water partition coefficient (Wildman–Crippen LogP) is 4.92. The largest absolute Gasteiger partial charge is 0.464 e. The summed E-state index contributed by atoms with van der Waals surface area (Å²) >= 11 is 3.10. The minimum absolute atomic E-state index is 0.106. The van der Waals surface area contributed by atoms with Crippen molar-refractivity contribution in [2.45, 2.75) is 43.9 Å². The summed E-state index contributed by atoms with van der Waals surface area (Å²) in [6.45, 7) is 4.27. The van der Waals surface area contributed by atoms with Crippen LogP contribution in [-0.2, 0) is 17.6 Å². The van der Waals surface area contributed by atoms with Crippen LogP contribution in [-0.4, -0.2) is 21.9 Å². The van der Waals surface area contributed by atoms with Gasteiger partial charge < -0.3 is 9.73 Å². The quantitative estimate of drug-likeness (QED) is 0.344. The molecular weight excluding hydrogens is 354 g/mol. The molecule has 3 rings (SSSR count). The number of thioether (sulfide) groups is 1. The molecule has 0 unspecified atom stereocenters. The van der Waals surface area contributed by atoms with Gasteiger partial charge in [-0.05, 0) is 30.5 Å². The maximum absolute atomic E-state index is 12.3. The van der Waals surface area contributed by atoms with Gasteiger partial charge >= 0.3 is 0 Å². The lowest BCUT2D eigenvalue weighted by Crippen LogP contribution is -2.14. The zero-order valence-electron chi connectivity index (χ0n) is 14.4. The molecule has 0 spiro atoms. The summed E-state index contributed by atoms with van der Waals surface area (Å²) in [4.78, 5) is 12.3. The number of carbonyl (C=O) groups is 1. The van der Waals surface area contributed by atoms with Crippen LogP contribution < -0.4 is 5.32 Å². The SMILES string of the molecule is CCCCSc1nnc(NC(=O)Cc2coc3ccc(CC)cc23)s1. The molecule has 0 fully saturated rings. The van der Waals surface area contributed by atoms with Crippen LogP contribution in [0.5, 0.6) is 0 Å². The van der Waals surface area contributed by atoms with Gasteiger partial charge in [0, 0.05) is 16.7 Å². The fourth-order valence-electron chi connectivity index (χ4n) is 2.44. The molecule has 7 heteroatoms. The van der Waals surface area contributed by atoms with Crippen LogP contribution in [0, 0.1) is 0 Å². The molecule has 0 saturated heterocycles. The lowest BCUT2D eigenvalue weighted by Gasteiger charge is -2.01. The Hall–Kier alpha value is -1.86. The molecule has 0 saturated carbocycles. The van der Waals surface area contributed by atoms with Gasteiger partial charge in [-0.15, -0.1) is 10.2 Å². The van der Waals surface area contributed by atoms with Gasteiger partial charge in [-0.1, -0.05) is 49.4 Å². The molecule has 25 heavy (non-hydrogen) atoms. The second kappa shape index (κ2) is 8.49. The van der Waals surface area contributed by atoms with E-state index in [2.05, 4.69) is 41.5 Å². The number of fused-ring (bicyclic) bond motifs is 1. The first kappa shape index (κ1) is 17.9. The monoisotopic (exact) mass is 375 g/mol. The smallest absolute Gasteiger partial charge is 0.230 e. The summed E-state index contributed by atoms with van der Waals surface area (Å²) in [6.07, 6.45) is 5.19. The second-order valence-corrected chi connectivity index (χ2v) is 8.06. The molecule has 1 amide bonds. The highest BCUT2D eigenvalue weighted by Gasteiger charge is 2.13. The number of amides is 1. The van der Waals surface area contributed by atoms with Crippen molar-refractivity contribution >= 4 is 45.1 Å². The van der Waals surface area contributed by atoms with E-state index in [1.807, 2.05) is 6.07 Å². The predicted molar refractivity (Wildman–Crippen MR) is 103 cm³/mol. The topological polar surface area (TPSA) is 68.0 Å². The van der Waals surface area contributed by atoms with E-state index in [1.54, 1.807) is 18.0 Å². The average molecular weight is 376 g/mol. The van der Waals surface area contributed by atoms with E-state index in [9.17, 15) is 4.79 Å². The highest BCUT2D eigenvalue weighted by molar-refractivity contribution is 8.01. The molecule has 132 valence electrons. The number of carbonyl (C=O) groups excluding carboxylic acids is 1. The summed E-state index contributed by atoms with van der Waals surface area (Å²) in [7, 11) is 0. The zero-order valence-corrected chi connectivity index (χ0v) is 16.0. The molecule has 1 aromatic carbocycles. The summed E-state index contributed by atoms with van der Waals surface area (Å²) in [5.74, 6) is 0.922. The lowest BCUT2D eigenvalue weighted by atomic mass is 10.1. The number of rotatable bonds is 8. The van der Waals surface area contributed by atoms with Crippen LogP contribution in [0.1, 0.15) is 37.8 Å². The number of furan rings is 1. The van der Waals surface area contributed by atoms with Gasteiger partial charge in [-0.3, -0.25) is 4.79 Å². The van der Waals surface area contributed by atoms with E-state index in [0.29, 0.717) is 5.13 Å². The highest BCUT2D eigenvalue weighted by Crippen LogP contribution is 2.27. The van der Waals surface area contributed by atoms with Crippen LogP contribution in [0.25, 0.3) is 11.0 Å². The molecule has 1 N–H and O–H groups in total. The number of nitrogens with one attached hydrogen (secondary N) is 1. The van der Waals surface area contributed by atoms with E-state index in [1.165, 1.54) is 16.9 Å². The Morgan fingerprint density at radius 1 is 1.32 bits per heavy atom. The maximum atomic E-state index is 12.3. The van der Waals surface area contributed by atoms with Crippen molar-refractivity contribution in [3.05, 3.63) is 35.6 Å². The van der Waals surface area contributed by atoms with E-state index in [-0.39, 0.29) is 12.3 Å². The van der Waals surface area contributed by atoms with Gasteiger partial charge in [-0.25, -0.2) is 0 Å². The molecule has 0 atom stereocenters. The molecule has 0 radical (unpaired) electrons. The fraction of sp³-hybridized carbons (Fsp3) is 0.389. The number of benzene rings is 1. The first-order valence-corrected chi connectivity index (χ1v) is 10.2. The number of aryl methyl sites for hydroxylation is 1. The summed E-state index contributed by atoms with van der Waals surface area (Å²) in [5.41, 5.74) is 2.93. The summed E-state index contributed by atoms with van der Waals surface area (Å²) in [6, 6.07) is 6.10. The molecular formula is C18H21N3O2S2. The van der Waals surface area contributed by atoms with Crippen molar-refractivity contribution in [2.75, 3.05) is 11.1 Å². The third-order valence-electron chi connectivity index (χ3n) is 3.85. The first-order chi connectivity index (χ1) is 12.2. The molecule has 2 aromatic heterocycles. The number of nitrogens with zero attached hydrogens (tertiary/aromatic N) is 2. The Kier molecular flexibility index (Phi) is 6.09. The molecule has 0 aliphatic heterocycles. The molecule has 0 aliphatic carbocycles. The molecule has 0 bridgehead atoms. The van der Waals surface area contributed by atoms with Gasteiger partial charge in [0.1, 0.15) is 5.58 Å². The lowest BCUT2D eigenvalue weighted by molar-refractivity contribution is -0.115. The maximum Gasteiger partial charge on any atom is 0.230 e. The highest BCUT2D eigenvalue weighted by atomic mass is 32.2. The molecule has 0 aliphatic rings. The van der Waals surface area contributed by atoms with Crippen molar-refractivity contribution < 1.29 is 9.21 Å². The van der Waals surface area contributed by atoms with Gasteiger partial charge in [0.2, 0.25) is 11.0 Å². The number of unbranched alkanes of at least 4 members (excludes halogenated alkanes) is 1. The van der Waals surface area contributed by atoms with Crippen LogP contribution >= 0.6 is 23.1 Å². The standard InChI is InChI=1S/C18H21N3O2S2/c1-3-5-8-24-18-21-20-17(25-18)19-16(22)10-13-11-23-15-7-6-12(4-2)9-14(13)15/h6-7,9,11H,3-5,8,10H2,1-2H3,(H,19,20,22). The van der Waals surface area contributed by atoms with Crippen LogP contribution in [0.4, 0.5) is 5.13 Å². The van der Waals surface area contributed by atoms with E-state index in [4.69, 9.17) is 4.42 Å². The number of aromatic nitrogens is 2. The van der Waals surface area contributed by atoms with Gasteiger partial charge in [0.05, 0.1) is 12.7 Å². The third-order valence-corrected chi connectivity index (χ3v) is 5.91. The number of hydrogen-bond donors (Lipinski definition) is 1. The second-order valence-electron chi connectivity index (χ2n) is 5.75.